The molecular weight excluding hydrogens is 243 g/mol. The summed E-state index contributed by atoms with van der Waals surface area (Å²) in [5.41, 5.74) is 1.53. The molecule has 0 spiro atoms. The molecule has 1 saturated heterocycles. The fourth-order valence-electron chi connectivity index (χ4n) is 2.09. The lowest BCUT2D eigenvalue weighted by molar-refractivity contribution is 0.00578. The highest BCUT2D eigenvalue weighted by atomic mass is 16.7. The zero-order chi connectivity index (χ0) is 14.3. The van der Waals surface area contributed by atoms with Crippen LogP contribution in [0.3, 0.4) is 0 Å². The van der Waals surface area contributed by atoms with Gasteiger partial charge in [0, 0.05) is 0 Å². The van der Waals surface area contributed by atoms with Crippen LogP contribution in [0.4, 0.5) is 0 Å². The van der Waals surface area contributed by atoms with Gasteiger partial charge in [-0.1, -0.05) is 18.2 Å². The number of benzene rings is 1. The fourth-order valence-corrected chi connectivity index (χ4v) is 2.09. The molecule has 1 aromatic carbocycles. The summed E-state index contributed by atoms with van der Waals surface area (Å²) in [4.78, 5) is 0. The van der Waals surface area contributed by atoms with Gasteiger partial charge in [0.15, 0.2) is 0 Å². The van der Waals surface area contributed by atoms with Gasteiger partial charge in [-0.2, -0.15) is 0 Å². The number of hydrogen-bond donors (Lipinski definition) is 2. The molecule has 0 bridgehead atoms. The third-order valence-electron chi connectivity index (χ3n) is 3.97. The second-order valence-electron chi connectivity index (χ2n) is 5.99. The minimum absolute atomic E-state index is 0.0691. The number of aliphatic hydroxyl groups excluding tert-OH is 2. The van der Waals surface area contributed by atoms with Crippen LogP contribution in [-0.2, 0) is 22.5 Å². The summed E-state index contributed by atoms with van der Waals surface area (Å²) >= 11 is 0. The van der Waals surface area contributed by atoms with Crippen LogP contribution in [0.5, 0.6) is 0 Å². The van der Waals surface area contributed by atoms with E-state index in [1.807, 2.05) is 39.8 Å². The van der Waals surface area contributed by atoms with Crippen molar-refractivity contribution in [3.05, 3.63) is 29.3 Å². The minimum atomic E-state index is -0.471. The lowest BCUT2D eigenvalue weighted by Gasteiger charge is -2.32. The van der Waals surface area contributed by atoms with Gasteiger partial charge in [0.05, 0.1) is 24.4 Å². The van der Waals surface area contributed by atoms with Crippen molar-refractivity contribution in [1.82, 2.24) is 0 Å². The topological polar surface area (TPSA) is 58.9 Å². The van der Waals surface area contributed by atoms with Crippen molar-refractivity contribution < 1.29 is 19.5 Å². The first-order valence-electron chi connectivity index (χ1n) is 6.49. The first-order valence-corrected chi connectivity index (χ1v) is 6.49. The van der Waals surface area contributed by atoms with E-state index in [9.17, 15) is 10.2 Å². The summed E-state index contributed by atoms with van der Waals surface area (Å²) in [6, 6.07) is 5.47. The molecular formula is C14H21BO4. The van der Waals surface area contributed by atoms with E-state index in [1.54, 1.807) is 6.07 Å². The second kappa shape index (κ2) is 4.91. The Bertz CT molecular complexity index is 432. The Morgan fingerprint density at radius 1 is 0.895 bits per heavy atom. The van der Waals surface area contributed by atoms with Crippen molar-refractivity contribution in [2.75, 3.05) is 0 Å². The maximum absolute atomic E-state index is 9.27. The van der Waals surface area contributed by atoms with Crippen LogP contribution in [0, 0.1) is 0 Å². The monoisotopic (exact) mass is 264 g/mol. The Hall–Kier alpha value is -0.875. The molecule has 104 valence electrons. The maximum atomic E-state index is 9.27. The Labute approximate surface area is 114 Å². The van der Waals surface area contributed by atoms with E-state index in [4.69, 9.17) is 9.31 Å². The molecule has 0 radical (unpaired) electrons. The third kappa shape index (κ3) is 2.70. The van der Waals surface area contributed by atoms with Crippen LogP contribution < -0.4 is 5.46 Å². The SMILES string of the molecule is CC1(C)OB(c2cc(CO)cc(CO)c2)OC1(C)C. The molecule has 0 atom stereocenters. The van der Waals surface area contributed by atoms with Crippen molar-refractivity contribution in [3.8, 4) is 0 Å². The molecule has 0 aromatic heterocycles. The summed E-state index contributed by atoms with van der Waals surface area (Å²) in [5, 5.41) is 18.5. The van der Waals surface area contributed by atoms with E-state index in [2.05, 4.69) is 0 Å². The van der Waals surface area contributed by atoms with Crippen molar-refractivity contribution in [1.29, 1.82) is 0 Å². The molecule has 2 N–H and O–H groups in total. The molecule has 0 unspecified atom stereocenters. The molecule has 1 aromatic rings. The van der Waals surface area contributed by atoms with Crippen LogP contribution in [-0.4, -0.2) is 28.5 Å². The molecule has 1 aliphatic heterocycles. The Balaban J connectivity index is 2.33. The van der Waals surface area contributed by atoms with Gasteiger partial charge in [0.25, 0.3) is 0 Å². The van der Waals surface area contributed by atoms with Gasteiger partial charge in [0.1, 0.15) is 0 Å². The number of aliphatic hydroxyl groups is 2. The van der Waals surface area contributed by atoms with Crippen molar-refractivity contribution in [2.24, 2.45) is 0 Å². The number of rotatable bonds is 3. The fraction of sp³-hybridized carbons (Fsp3) is 0.571. The van der Waals surface area contributed by atoms with Crippen LogP contribution in [0.25, 0.3) is 0 Å². The molecule has 1 fully saturated rings. The average Bonchev–Trinajstić information content (AvgIpc) is 2.58. The van der Waals surface area contributed by atoms with Gasteiger partial charge in [-0.15, -0.1) is 0 Å². The van der Waals surface area contributed by atoms with Crippen molar-refractivity contribution in [3.63, 3.8) is 0 Å². The highest BCUT2D eigenvalue weighted by Crippen LogP contribution is 2.36. The third-order valence-corrected chi connectivity index (χ3v) is 3.97. The van der Waals surface area contributed by atoms with Gasteiger partial charge in [-0.3, -0.25) is 0 Å². The zero-order valence-corrected chi connectivity index (χ0v) is 11.9. The predicted molar refractivity (Wildman–Crippen MR) is 74.0 cm³/mol. The lowest BCUT2D eigenvalue weighted by Crippen LogP contribution is -2.41. The van der Waals surface area contributed by atoms with Crippen LogP contribution in [0.1, 0.15) is 38.8 Å². The maximum Gasteiger partial charge on any atom is 0.494 e. The Morgan fingerprint density at radius 3 is 1.68 bits per heavy atom. The van der Waals surface area contributed by atoms with Gasteiger partial charge in [0.2, 0.25) is 0 Å². The summed E-state index contributed by atoms with van der Waals surface area (Å²) in [6.07, 6.45) is 0. The van der Waals surface area contributed by atoms with Crippen LogP contribution in [0.15, 0.2) is 18.2 Å². The zero-order valence-electron chi connectivity index (χ0n) is 11.9. The highest BCUT2D eigenvalue weighted by molar-refractivity contribution is 6.62. The molecule has 0 amide bonds. The summed E-state index contributed by atoms with van der Waals surface area (Å²) in [6.45, 7) is 7.85. The van der Waals surface area contributed by atoms with Crippen LogP contribution in [0.2, 0.25) is 0 Å². The van der Waals surface area contributed by atoms with Gasteiger partial charge >= 0.3 is 7.12 Å². The summed E-state index contributed by atoms with van der Waals surface area (Å²) < 4.78 is 11.9. The van der Waals surface area contributed by atoms with Crippen molar-refractivity contribution >= 4 is 12.6 Å². The first-order chi connectivity index (χ1) is 8.79. The summed E-state index contributed by atoms with van der Waals surface area (Å²) in [7, 11) is -0.471. The Morgan fingerprint density at radius 2 is 1.32 bits per heavy atom. The van der Waals surface area contributed by atoms with Gasteiger partial charge in [-0.25, -0.2) is 0 Å². The van der Waals surface area contributed by atoms with Gasteiger partial charge < -0.3 is 19.5 Å². The second-order valence-corrected chi connectivity index (χ2v) is 5.99. The normalized spacial score (nSPS) is 20.8. The van der Waals surface area contributed by atoms with E-state index in [0.29, 0.717) is 0 Å². The van der Waals surface area contributed by atoms with Gasteiger partial charge in [-0.05, 0) is 44.3 Å². The van der Waals surface area contributed by atoms with Crippen molar-refractivity contribution in [2.45, 2.75) is 52.1 Å². The van der Waals surface area contributed by atoms with E-state index < -0.39 is 18.3 Å². The Kier molecular flexibility index (Phi) is 3.75. The largest absolute Gasteiger partial charge is 0.494 e. The first kappa shape index (κ1) is 14.5. The van der Waals surface area contributed by atoms with E-state index in [0.717, 1.165) is 16.6 Å². The van der Waals surface area contributed by atoms with E-state index in [-0.39, 0.29) is 13.2 Å². The standard InChI is InChI=1S/C14H21BO4/c1-13(2)14(3,4)19-15(18-13)12-6-10(8-16)5-11(7-12)9-17/h5-7,16-17H,8-9H2,1-4H3. The molecule has 2 rings (SSSR count). The molecule has 4 nitrogen and oxygen atoms in total. The summed E-state index contributed by atoms with van der Waals surface area (Å²) in [5.74, 6) is 0. The minimum Gasteiger partial charge on any atom is -0.399 e. The molecule has 1 aliphatic rings. The average molecular weight is 264 g/mol. The smallest absolute Gasteiger partial charge is 0.399 e. The molecule has 5 heteroatoms. The molecule has 19 heavy (non-hydrogen) atoms. The molecule has 1 heterocycles. The molecule has 0 saturated carbocycles. The predicted octanol–water partition coefficient (Wildman–Crippen LogP) is 0.970. The highest BCUT2D eigenvalue weighted by Gasteiger charge is 2.51. The van der Waals surface area contributed by atoms with E-state index >= 15 is 0 Å². The van der Waals surface area contributed by atoms with E-state index in [1.165, 1.54) is 0 Å². The number of hydrogen-bond acceptors (Lipinski definition) is 4. The molecule has 0 aliphatic carbocycles. The van der Waals surface area contributed by atoms with Crippen LogP contribution >= 0.6 is 0 Å². The quantitative estimate of drug-likeness (QED) is 0.799. The lowest BCUT2D eigenvalue weighted by atomic mass is 9.77.